The zero-order chi connectivity index (χ0) is 21.6. The van der Waals surface area contributed by atoms with Gasteiger partial charge in [-0.15, -0.1) is 10.2 Å². The van der Waals surface area contributed by atoms with Gasteiger partial charge in [-0.2, -0.15) is 0 Å². The number of carbonyl (C=O) groups is 1. The standard InChI is InChI=1S/C23H27N5O2S/c1-26(2)21(29)20-10-8-19(9-11-20)17-31-23-25-24-22(27-12-14-30-15-13-27)28(23)16-18-6-4-3-5-7-18/h3-11H,12-17H2,1-2H3. The molecule has 7 nitrogen and oxygen atoms in total. The number of benzene rings is 2. The predicted molar refractivity (Wildman–Crippen MR) is 123 cm³/mol. The second-order valence-electron chi connectivity index (χ2n) is 7.64. The Hall–Kier alpha value is -2.84. The average molecular weight is 438 g/mol. The lowest BCUT2D eigenvalue weighted by molar-refractivity contribution is 0.0827. The van der Waals surface area contributed by atoms with Crippen molar-refractivity contribution in [1.29, 1.82) is 0 Å². The number of rotatable bonds is 7. The maximum Gasteiger partial charge on any atom is 0.253 e. The third-order valence-corrected chi connectivity index (χ3v) is 6.19. The second kappa shape index (κ2) is 9.98. The Morgan fingerprint density at radius 3 is 2.39 bits per heavy atom. The van der Waals surface area contributed by atoms with Crippen LogP contribution in [0.15, 0.2) is 59.8 Å². The summed E-state index contributed by atoms with van der Waals surface area (Å²) in [5, 5.41) is 9.91. The highest BCUT2D eigenvalue weighted by Crippen LogP contribution is 2.27. The SMILES string of the molecule is CN(C)C(=O)c1ccc(CSc2nnc(N3CCOCC3)n2Cc2ccccc2)cc1. The lowest BCUT2D eigenvalue weighted by atomic mass is 10.1. The van der Waals surface area contributed by atoms with Gasteiger partial charge in [-0.05, 0) is 23.3 Å². The summed E-state index contributed by atoms with van der Waals surface area (Å²) >= 11 is 1.66. The highest BCUT2D eigenvalue weighted by atomic mass is 32.2. The molecule has 162 valence electrons. The molecular weight excluding hydrogens is 410 g/mol. The number of nitrogens with zero attached hydrogens (tertiary/aromatic N) is 5. The van der Waals surface area contributed by atoms with Gasteiger partial charge in [0.15, 0.2) is 5.16 Å². The van der Waals surface area contributed by atoms with Gasteiger partial charge in [0.05, 0.1) is 19.8 Å². The Balaban J connectivity index is 1.52. The molecular formula is C23H27N5O2S. The van der Waals surface area contributed by atoms with Crippen LogP contribution in [-0.2, 0) is 17.0 Å². The van der Waals surface area contributed by atoms with Crippen molar-refractivity contribution in [2.45, 2.75) is 17.5 Å². The molecule has 0 saturated carbocycles. The van der Waals surface area contributed by atoms with E-state index in [-0.39, 0.29) is 5.91 Å². The number of thioether (sulfide) groups is 1. The van der Waals surface area contributed by atoms with E-state index in [1.807, 2.05) is 30.3 Å². The number of morpholine rings is 1. The van der Waals surface area contributed by atoms with Crippen LogP contribution in [-0.4, -0.2) is 66.0 Å². The van der Waals surface area contributed by atoms with Gasteiger partial charge in [-0.1, -0.05) is 54.2 Å². The van der Waals surface area contributed by atoms with Crippen LogP contribution in [0.1, 0.15) is 21.5 Å². The highest BCUT2D eigenvalue weighted by molar-refractivity contribution is 7.98. The number of carbonyl (C=O) groups excluding carboxylic acids is 1. The van der Waals surface area contributed by atoms with E-state index in [1.165, 1.54) is 5.56 Å². The van der Waals surface area contributed by atoms with Crippen LogP contribution >= 0.6 is 11.8 Å². The normalized spacial score (nSPS) is 13.9. The topological polar surface area (TPSA) is 63.5 Å². The summed E-state index contributed by atoms with van der Waals surface area (Å²) in [6.07, 6.45) is 0. The van der Waals surface area contributed by atoms with Gasteiger partial charge in [-0.25, -0.2) is 0 Å². The molecule has 0 unspecified atom stereocenters. The number of aromatic nitrogens is 3. The van der Waals surface area contributed by atoms with Crippen LogP contribution in [0.3, 0.4) is 0 Å². The molecule has 31 heavy (non-hydrogen) atoms. The summed E-state index contributed by atoms with van der Waals surface area (Å²) in [7, 11) is 3.52. The molecule has 1 aromatic heterocycles. The third-order valence-electron chi connectivity index (χ3n) is 5.15. The minimum Gasteiger partial charge on any atom is -0.378 e. The van der Waals surface area contributed by atoms with Crippen molar-refractivity contribution < 1.29 is 9.53 Å². The molecule has 0 atom stereocenters. The Morgan fingerprint density at radius 2 is 1.71 bits per heavy atom. The summed E-state index contributed by atoms with van der Waals surface area (Å²) in [5.74, 6) is 1.66. The summed E-state index contributed by atoms with van der Waals surface area (Å²) in [5.41, 5.74) is 3.05. The fourth-order valence-electron chi connectivity index (χ4n) is 3.44. The van der Waals surface area contributed by atoms with Gasteiger partial charge in [0.25, 0.3) is 5.91 Å². The summed E-state index contributed by atoms with van der Waals surface area (Å²) < 4.78 is 7.69. The van der Waals surface area contributed by atoms with E-state index < -0.39 is 0 Å². The predicted octanol–water partition coefficient (Wildman–Crippen LogP) is 3.16. The van der Waals surface area contributed by atoms with Gasteiger partial charge < -0.3 is 14.5 Å². The van der Waals surface area contributed by atoms with Crippen LogP contribution in [0.25, 0.3) is 0 Å². The molecule has 1 fully saturated rings. The van der Waals surface area contributed by atoms with E-state index in [0.717, 1.165) is 42.1 Å². The maximum absolute atomic E-state index is 12.1. The second-order valence-corrected chi connectivity index (χ2v) is 8.58. The van der Waals surface area contributed by atoms with E-state index in [2.05, 4.69) is 43.9 Å². The summed E-state index contributed by atoms with van der Waals surface area (Å²) in [6, 6.07) is 18.1. The minimum absolute atomic E-state index is 0.0111. The molecule has 3 aromatic rings. The maximum atomic E-state index is 12.1. The number of anilines is 1. The first kappa shape index (κ1) is 21.4. The molecule has 2 heterocycles. The van der Waals surface area contributed by atoms with Crippen molar-refractivity contribution in [3.05, 3.63) is 71.3 Å². The Bertz CT molecular complexity index is 999. The van der Waals surface area contributed by atoms with Crippen molar-refractivity contribution in [3.8, 4) is 0 Å². The molecule has 1 aliphatic heterocycles. The lowest BCUT2D eigenvalue weighted by Crippen LogP contribution is -2.38. The number of hydrogen-bond donors (Lipinski definition) is 0. The van der Waals surface area contributed by atoms with E-state index >= 15 is 0 Å². The van der Waals surface area contributed by atoms with Gasteiger partial charge in [0.1, 0.15) is 0 Å². The fourth-order valence-corrected chi connectivity index (χ4v) is 4.33. The average Bonchev–Trinajstić information content (AvgIpc) is 3.21. The molecule has 1 saturated heterocycles. The monoisotopic (exact) mass is 437 g/mol. The molecule has 0 spiro atoms. The van der Waals surface area contributed by atoms with E-state index in [9.17, 15) is 4.79 Å². The molecule has 2 aromatic carbocycles. The third kappa shape index (κ3) is 5.26. The van der Waals surface area contributed by atoms with Crippen LogP contribution in [0.5, 0.6) is 0 Å². The highest BCUT2D eigenvalue weighted by Gasteiger charge is 2.21. The zero-order valence-corrected chi connectivity index (χ0v) is 18.7. The Labute approximate surface area is 187 Å². The first-order valence-electron chi connectivity index (χ1n) is 10.3. The van der Waals surface area contributed by atoms with Gasteiger partial charge in [-0.3, -0.25) is 9.36 Å². The van der Waals surface area contributed by atoms with E-state index in [1.54, 1.807) is 30.8 Å². The van der Waals surface area contributed by atoms with Crippen molar-refractivity contribution in [1.82, 2.24) is 19.7 Å². The Kier molecular flexibility index (Phi) is 6.89. The van der Waals surface area contributed by atoms with Crippen LogP contribution in [0, 0.1) is 0 Å². The fraction of sp³-hybridized carbons (Fsp3) is 0.348. The molecule has 8 heteroatoms. The molecule has 0 bridgehead atoms. The van der Waals surface area contributed by atoms with Crippen molar-refractivity contribution in [2.75, 3.05) is 45.3 Å². The minimum atomic E-state index is 0.0111. The first-order valence-corrected chi connectivity index (χ1v) is 11.3. The van der Waals surface area contributed by atoms with Crippen molar-refractivity contribution >= 4 is 23.6 Å². The number of hydrogen-bond acceptors (Lipinski definition) is 6. The zero-order valence-electron chi connectivity index (χ0n) is 17.9. The first-order chi connectivity index (χ1) is 15.1. The number of ether oxygens (including phenoxy) is 1. The molecule has 4 rings (SSSR count). The quantitative estimate of drug-likeness (QED) is 0.529. The van der Waals surface area contributed by atoms with Crippen molar-refractivity contribution in [2.24, 2.45) is 0 Å². The smallest absolute Gasteiger partial charge is 0.253 e. The van der Waals surface area contributed by atoms with Crippen LogP contribution in [0.4, 0.5) is 5.95 Å². The molecule has 0 aliphatic carbocycles. The molecule has 1 aliphatic rings. The van der Waals surface area contributed by atoms with E-state index in [4.69, 9.17) is 4.74 Å². The lowest BCUT2D eigenvalue weighted by Gasteiger charge is -2.28. The molecule has 0 N–H and O–H groups in total. The van der Waals surface area contributed by atoms with Crippen molar-refractivity contribution in [3.63, 3.8) is 0 Å². The van der Waals surface area contributed by atoms with Gasteiger partial charge >= 0.3 is 0 Å². The molecule has 1 amide bonds. The van der Waals surface area contributed by atoms with E-state index in [0.29, 0.717) is 18.8 Å². The van der Waals surface area contributed by atoms with Crippen LogP contribution in [0.2, 0.25) is 0 Å². The largest absolute Gasteiger partial charge is 0.378 e. The van der Waals surface area contributed by atoms with Gasteiger partial charge in [0, 0.05) is 38.5 Å². The number of amides is 1. The van der Waals surface area contributed by atoms with Crippen LogP contribution < -0.4 is 4.90 Å². The van der Waals surface area contributed by atoms with Gasteiger partial charge in [0.2, 0.25) is 5.95 Å². The molecule has 0 radical (unpaired) electrons. The Morgan fingerprint density at radius 1 is 1.00 bits per heavy atom. The summed E-state index contributed by atoms with van der Waals surface area (Å²) in [6.45, 7) is 3.77. The summed E-state index contributed by atoms with van der Waals surface area (Å²) in [4.78, 5) is 15.9.